The molecule has 0 unspecified atom stereocenters. The fourth-order valence-electron chi connectivity index (χ4n) is 4.16. The SMILES string of the molecule is Cc1c(C)c(C)c(-c2c3ccccc3cc3ccccc23)c(C)c1C. The molecule has 0 aromatic heterocycles. The van der Waals surface area contributed by atoms with E-state index in [1.165, 1.54) is 60.5 Å². The summed E-state index contributed by atoms with van der Waals surface area (Å²) in [6.45, 7) is 11.3. The molecule has 0 heterocycles. The Bertz CT molecular complexity index is 1050. The van der Waals surface area contributed by atoms with E-state index in [4.69, 9.17) is 0 Å². The second kappa shape index (κ2) is 5.74. The van der Waals surface area contributed by atoms with E-state index in [-0.39, 0.29) is 0 Å². The zero-order chi connectivity index (χ0) is 17.7. The van der Waals surface area contributed by atoms with Crippen LogP contribution in [-0.2, 0) is 0 Å². The molecule has 4 aromatic rings. The minimum atomic E-state index is 1.31. The highest BCUT2D eigenvalue weighted by Gasteiger charge is 2.18. The summed E-state index contributed by atoms with van der Waals surface area (Å²) >= 11 is 0. The van der Waals surface area contributed by atoms with Gasteiger partial charge in [-0.1, -0.05) is 48.5 Å². The van der Waals surface area contributed by atoms with Gasteiger partial charge in [0, 0.05) is 0 Å². The summed E-state index contributed by atoms with van der Waals surface area (Å²) in [5.41, 5.74) is 9.85. The summed E-state index contributed by atoms with van der Waals surface area (Å²) < 4.78 is 0. The summed E-state index contributed by atoms with van der Waals surface area (Å²) in [5, 5.41) is 5.31. The molecule has 0 aliphatic carbocycles. The maximum atomic E-state index is 2.31. The van der Waals surface area contributed by atoms with Crippen LogP contribution in [0.25, 0.3) is 32.7 Å². The molecule has 124 valence electrons. The molecule has 0 saturated carbocycles. The standard InChI is InChI=1S/C25H24/c1-15-16(2)18(4)24(19(5)17(15)3)25-22-12-8-6-10-20(22)14-21-11-7-9-13-23(21)25/h6-14H,1-5H3. The number of benzene rings is 4. The van der Waals surface area contributed by atoms with Crippen LogP contribution in [0.4, 0.5) is 0 Å². The largest absolute Gasteiger partial charge is 0.0616 e. The van der Waals surface area contributed by atoms with Crippen molar-refractivity contribution in [2.75, 3.05) is 0 Å². The summed E-state index contributed by atoms with van der Waals surface area (Å²) in [7, 11) is 0. The molecule has 0 bridgehead atoms. The highest BCUT2D eigenvalue weighted by atomic mass is 14.2. The first kappa shape index (κ1) is 15.9. The Balaban J connectivity index is 2.28. The molecule has 0 fully saturated rings. The average Bonchev–Trinajstić information content (AvgIpc) is 2.64. The van der Waals surface area contributed by atoms with Gasteiger partial charge >= 0.3 is 0 Å². The van der Waals surface area contributed by atoms with Gasteiger partial charge in [0.1, 0.15) is 0 Å². The van der Waals surface area contributed by atoms with Crippen molar-refractivity contribution in [2.24, 2.45) is 0 Å². The molecule has 0 radical (unpaired) electrons. The Morgan fingerprint density at radius 1 is 0.440 bits per heavy atom. The van der Waals surface area contributed by atoms with Crippen LogP contribution in [-0.4, -0.2) is 0 Å². The lowest BCUT2D eigenvalue weighted by molar-refractivity contribution is 1.18. The van der Waals surface area contributed by atoms with Crippen molar-refractivity contribution in [1.82, 2.24) is 0 Å². The van der Waals surface area contributed by atoms with Gasteiger partial charge in [0.15, 0.2) is 0 Å². The molecule has 25 heavy (non-hydrogen) atoms. The summed E-state index contributed by atoms with van der Waals surface area (Å²) in [5.74, 6) is 0. The van der Waals surface area contributed by atoms with Crippen LogP contribution in [0, 0.1) is 34.6 Å². The monoisotopic (exact) mass is 324 g/mol. The van der Waals surface area contributed by atoms with Crippen LogP contribution in [0.2, 0.25) is 0 Å². The minimum absolute atomic E-state index is 1.31. The van der Waals surface area contributed by atoms with Gasteiger partial charge in [-0.25, -0.2) is 0 Å². The number of fused-ring (bicyclic) bond motifs is 2. The van der Waals surface area contributed by atoms with E-state index < -0.39 is 0 Å². The van der Waals surface area contributed by atoms with E-state index in [0.29, 0.717) is 0 Å². The predicted molar refractivity (Wildman–Crippen MR) is 111 cm³/mol. The minimum Gasteiger partial charge on any atom is -0.0616 e. The van der Waals surface area contributed by atoms with Crippen molar-refractivity contribution in [2.45, 2.75) is 34.6 Å². The summed E-state index contributed by atoms with van der Waals surface area (Å²) in [6.07, 6.45) is 0. The van der Waals surface area contributed by atoms with Gasteiger partial charge in [0.2, 0.25) is 0 Å². The van der Waals surface area contributed by atoms with E-state index in [0.717, 1.165) is 0 Å². The zero-order valence-corrected chi connectivity index (χ0v) is 15.7. The third kappa shape index (κ3) is 2.28. The van der Waals surface area contributed by atoms with Crippen molar-refractivity contribution >= 4 is 21.5 Å². The average molecular weight is 324 g/mol. The second-order valence-electron chi connectivity index (χ2n) is 7.19. The molecule has 0 atom stereocenters. The van der Waals surface area contributed by atoms with Gasteiger partial charge in [0.25, 0.3) is 0 Å². The molecule has 4 rings (SSSR count). The molecule has 4 aromatic carbocycles. The Hall–Kier alpha value is -2.60. The number of hydrogen-bond donors (Lipinski definition) is 0. The highest BCUT2D eigenvalue weighted by molar-refractivity contribution is 6.13. The molecule has 0 spiro atoms. The number of hydrogen-bond acceptors (Lipinski definition) is 0. The van der Waals surface area contributed by atoms with Gasteiger partial charge in [-0.3, -0.25) is 0 Å². The fourth-order valence-corrected chi connectivity index (χ4v) is 4.16. The van der Waals surface area contributed by atoms with Crippen molar-refractivity contribution in [3.8, 4) is 11.1 Å². The van der Waals surface area contributed by atoms with Crippen molar-refractivity contribution in [3.05, 3.63) is 82.4 Å². The Morgan fingerprint density at radius 3 is 1.32 bits per heavy atom. The lowest BCUT2D eigenvalue weighted by Gasteiger charge is -2.21. The Morgan fingerprint density at radius 2 is 0.840 bits per heavy atom. The van der Waals surface area contributed by atoms with Gasteiger partial charge in [-0.05, 0) is 101 Å². The third-order valence-corrected chi connectivity index (χ3v) is 6.02. The van der Waals surface area contributed by atoms with Gasteiger partial charge < -0.3 is 0 Å². The fraction of sp³-hybridized carbons (Fsp3) is 0.200. The first-order valence-corrected chi connectivity index (χ1v) is 8.98. The molecule has 0 amide bonds. The summed E-state index contributed by atoms with van der Waals surface area (Å²) in [6, 6.07) is 19.9. The van der Waals surface area contributed by atoms with Crippen LogP contribution in [0.15, 0.2) is 54.6 Å². The molecule has 0 N–H and O–H groups in total. The molecule has 0 aliphatic heterocycles. The maximum absolute atomic E-state index is 2.31. The second-order valence-corrected chi connectivity index (χ2v) is 7.19. The molecular weight excluding hydrogens is 300 g/mol. The van der Waals surface area contributed by atoms with E-state index in [9.17, 15) is 0 Å². The van der Waals surface area contributed by atoms with Crippen LogP contribution in [0.5, 0.6) is 0 Å². The first-order valence-electron chi connectivity index (χ1n) is 8.98. The smallest absolute Gasteiger partial charge is 0.00213 e. The summed E-state index contributed by atoms with van der Waals surface area (Å²) in [4.78, 5) is 0. The van der Waals surface area contributed by atoms with Crippen LogP contribution >= 0.6 is 0 Å². The third-order valence-electron chi connectivity index (χ3n) is 6.02. The van der Waals surface area contributed by atoms with Crippen molar-refractivity contribution < 1.29 is 0 Å². The topological polar surface area (TPSA) is 0 Å². The van der Waals surface area contributed by atoms with Gasteiger partial charge in [-0.2, -0.15) is 0 Å². The maximum Gasteiger partial charge on any atom is -0.00213 e. The number of rotatable bonds is 1. The lowest BCUT2D eigenvalue weighted by Crippen LogP contribution is -2.00. The van der Waals surface area contributed by atoms with Crippen molar-refractivity contribution in [1.29, 1.82) is 0 Å². The molecule has 0 saturated heterocycles. The van der Waals surface area contributed by atoms with Gasteiger partial charge in [0.05, 0.1) is 0 Å². The normalized spacial score (nSPS) is 11.4. The van der Waals surface area contributed by atoms with Crippen LogP contribution in [0.1, 0.15) is 27.8 Å². The molecule has 0 aliphatic rings. The molecule has 0 nitrogen and oxygen atoms in total. The van der Waals surface area contributed by atoms with Crippen LogP contribution < -0.4 is 0 Å². The predicted octanol–water partition coefficient (Wildman–Crippen LogP) is 7.20. The Kier molecular flexibility index (Phi) is 3.65. The first-order chi connectivity index (χ1) is 12.0. The van der Waals surface area contributed by atoms with Crippen LogP contribution in [0.3, 0.4) is 0 Å². The van der Waals surface area contributed by atoms with Crippen molar-refractivity contribution in [3.63, 3.8) is 0 Å². The van der Waals surface area contributed by atoms with E-state index in [1.807, 2.05) is 0 Å². The lowest BCUT2D eigenvalue weighted by atomic mass is 9.82. The van der Waals surface area contributed by atoms with E-state index in [2.05, 4.69) is 89.2 Å². The highest BCUT2D eigenvalue weighted by Crippen LogP contribution is 2.41. The molecule has 0 heteroatoms. The molecular formula is C25H24. The zero-order valence-electron chi connectivity index (χ0n) is 15.7. The Labute approximate surface area is 150 Å². The quantitative estimate of drug-likeness (QED) is 0.325. The van der Waals surface area contributed by atoms with E-state index >= 15 is 0 Å². The van der Waals surface area contributed by atoms with E-state index in [1.54, 1.807) is 0 Å². The van der Waals surface area contributed by atoms with Gasteiger partial charge in [-0.15, -0.1) is 0 Å².